The minimum absolute atomic E-state index is 0.0275. The third-order valence-electron chi connectivity index (χ3n) is 4.66. The van der Waals surface area contributed by atoms with Gasteiger partial charge in [-0.25, -0.2) is 13.6 Å². The molecule has 7 nitrogen and oxygen atoms in total. The summed E-state index contributed by atoms with van der Waals surface area (Å²) in [4.78, 5) is 14.5. The van der Waals surface area contributed by atoms with Gasteiger partial charge in [-0.2, -0.15) is 0 Å². The molecule has 0 bridgehead atoms. The predicted molar refractivity (Wildman–Crippen MR) is 112 cm³/mol. The molecule has 0 saturated carbocycles. The number of rotatable bonds is 9. The van der Waals surface area contributed by atoms with Crippen LogP contribution in [0.2, 0.25) is 0 Å². The van der Waals surface area contributed by atoms with Crippen LogP contribution in [0.25, 0.3) is 0 Å². The zero-order valence-corrected chi connectivity index (χ0v) is 17.4. The molecule has 0 saturated heterocycles. The first kappa shape index (κ1) is 21.9. The van der Waals surface area contributed by atoms with Crippen LogP contribution >= 0.6 is 0 Å². The average Bonchev–Trinajstić information content (AvgIpc) is 2.68. The normalized spacial score (nSPS) is 12.4. The average molecular weight is 406 g/mol. The molecule has 5 N–H and O–H groups in total. The third kappa shape index (κ3) is 5.79. The number of hydrogen-bond acceptors (Lipinski definition) is 4. The fourth-order valence-electron chi connectivity index (χ4n) is 3.01. The fraction of sp³-hybridized carbons (Fsp3) is 0.350. The molecule has 1 amide bonds. The molecule has 28 heavy (non-hydrogen) atoms. The number of carbonyl (C=O) groups is 1. The molecule has 0 aliphatic heterocycles. The van der Waals surface area contributed by atoms with E-state index in [-0.39, 0.29) is 23.4 Å². The van der Waals surface area contributed by atoms with E-state index >= 15 is 0 Å². The van der Waals surface area contributed by atoms with Crippen molar-refractivity contribution in [1.82, 2.24) is 0 Å². The summed E-state index contributed by atoms with van der Waals surface area (Å²) < 4.78 is 23.4. The molecule has 0 heterocycles. The largest absolute Gasteiger partial charge is 0.370 e. The minimum Gasteiger partial charge on any atom is -0.370 e. The number of primary sulfonamides is 1. The molecule has 0 aromatic heterocycles. The topological polar surface area (TPSA) is 109 Å². The van der Waals surface area contributed by atoms with Gasteiger partial charge in [-0.05, 0) is 39.0 Å². The van der Waals surface area contributed by atoms with Crippen LogP contribution < -0.4 is 20.7 Å². The Morgan fingerprint density at radius 2 is 1.79 bits per heavy atom. The van der Waals surface area contributed by atoms with Crippen LogP contribution in [-0.4, -0.2) is 34.0 Å². The van der Waals surface area contributed by atoms with Gasteiger partial charge in [0.25, 0.3) is 5.91 Å². The van der Waals surface area contributed by atoms with Crippen molar-refractivity contribution in [1.29, 1.82) is 0 Å². The maximum absolute atomic E-state index is 12.5. The Balaban J connectivity index is 2.16. The van der Waals surface area contributed by atoms with Gasteiger partial charge in [0.2, 0.25) is 10.0 Å². The number of quaternary nitrogens is 1. The summed E-state index contributed by atoms with van der Waals surface area (Å²) in [6, 6.07) is 14.6. The van der Waals surface area contributed by atoms with Gasteiger partial charge in [-0.3, -0.25) is 4.79 Å². The monoisotopic (exact) mass is 405 g/mol. The zero-order chi connectivity index (χ0) is 20.7. The first-order valence-electron chi connectivity index (χ1n) is 9.36. The second-order valence-corrected chi connectivity index (χ2v) is 8.15. The van der Waals surface area contributed by atoms with E-state index in [4.69, 9.17) is 5.14 Å². The summed E-state index contributed by atoms with van der Waals surface area (Å²) in [7, 11) is -3.86. The summed E-state index contributed by atoms with van der Waals surface area (Å²) in [5, 5.41) is 10.0. The van der Waals surface area contributed by atoms with Gasteiger partial charge in [-0.1, -0.05) is 30.3 Å². The van der Waals surface area contributed by atoms with Crippen LogP contribution in [0.5, 0.6) is 0 Å². The van der Waals surface area contributed by atoms with E-state index in [0.717, 1.165) is 24.3 Å². The Kier molecular flexibility index (Phi) is 7.56. The van der Waals surface area contributed by atoms with Gasteiger partial charge in [0.05, 0.1) is 16.3 Å². The number of hydrogen-bond donors (Lipinski definition) is 3. The molecule has 0 unspecified atom stereocenters. The van der Waals surface area contributed by atoms with Gasteiger partial charge in [0.1, 0.15) is 6.04 Å². The van der Waals surface area contributed by atoms with Crippen LogP contribution in [0.4, 0.5) is 11.4 Å². The van der Waals surface area contributed by atoms with Gasteiger partial charge >= 0.3 is 0 Å². The Labute approximate surface area is 167 Å². The van der Waals surface area contributed by atoms with Crippen LogP contribution in [0.1, 0.15) is 32.4 Å². The van der Waals surface area contributed by atoms with Gasteiger partial charge in [0, 0.05) is 18.7 Å². The third-order valence-corrected chi connectivity index (χ3v) is 5.57. The summed E-state index contributed by atoms with van der Waals surface area (Å²) in [5.41, 5.74) is 2.35. The minimum atomic E-state index is -3.86. The van der Waals surface area contributed by atoms with Gasteiger partial charge in [-0.15, -0.1) is 0 Å². The first-order valence-corrected chi connectivity index (χ1v) is 10.9. The van der Waals surface area contributed by atoms with Crippen LogP contribution in [0.3, 0.4) is 0 Å². The number of nitrogens with one attached hydrogen (secondary N) is 1. The summed E-state index contributed by atoms with van der Waals surface area (Å²) in [6.07, 6.45) is 0. The SMILES string of the molecule is CCN(CC)c1ccc(S(N)(=O)=O)cc1NC(=O)C[NH2+][C@@H](C)c1ccccc1. The van der Waals surface area contributed by atoms with Crippen molar-refractivity contribution in [2.75, 3.05) is 29.9 Å². The lowest BCUT2D eigenvalue weighted by molar-refractivity contribution is -0.682. The highest BCUT2D eigenvalue weighted by Gasteiger charge is 2.17. The maximum atomic E-state index is 12.5. The highest BCUT2D eigenvalue weighted by Crippen LogP contribution is 2.28. The molecule has 2 aromatic rings. The molecule has 0 fully saturated rings. The second kappa shape index (κ2) is 9.68. The van der Waals surface area contributed by atoms with Crippen molar-refractivity contribution in [2.24, 2.45) is 5.14 Å². The molecule has 0 radical (unpaired) electrons. The first-order chi connectivity index (χ1) is 13.3. The van der Waals surface area contributed by atoms with E-state index < -0.39 is 10.0 Å². The zero-order valence-electron chi connectivity index (χ0n) is 16.6. The van der Waals surface area contributed by atoms with Crippen LogP contribution in [0, 0.1) is 0 Å². The van der Waals surface area contributed by atoms with Crippen molar-refractivity contribution >= 4 is 27.3 Å². The maximum Gasteiger partial charge on any atom is 0.279 e. The Hall–Kier alpha value is -2.42. The number of nitrogens with zero attached hydrogens (tertiary/aromatic N) is 1. The lowest BCUT2D eigenvalue weighted by Gasteiger charge is -2.24. The summed E-state index contributed by atoms with van der Waals surface area (Å²) in [5.74, 6) is -0.206. The quantitative estimate of drug-likeness (QED) is 0.586. The van der Waals surface area contributed by atoms with E-state index in [1.54, 1.807) is 6.07 Å². The van der Waals surface area contributed by atoms with E-state index in [1.165, 1.54) is 12.1 Å². The number of carbonyl (C=O) groups excluding carboxylic acids is 1. The highest BCUT2D eigenvalue weighted by molar-refractivity contribution is 7.89. The Morgan fingerprint density at radius 3 is 2.36 bits per heavy atom. The van der Waals surface area contributed by atoms with Crippen molar-refractivity contribution in [2.45, 2.75) is 31.7 Å². The standard InChI is InChI=1S/C20H28N4O3S/c1-4-24(5-2)19-12-11-17(28(21,26)27)13-18(19)23-20(25)14-22-15(3)16-9-7-6-8-10-16/h6-13,15,22H,4-5,14H2,1-3H3,(H,23,25)(H2,21,26,27)/p+1/t15-/m0/s1. The number of anilines is 2. The molecule has 2 rings (SSSR count). The number of benzene rings is 2. The smallest absolute Gasteiger partial charge is 0.279 e. The Bertz CT molecular complexity index is 897. The van der Waals surface area contributed by atoms with Crippen LogP contribution in [-0.2, 0) is 14.8 Å². The molecular formula is C20H29N4O3S+. The lowest BCUT2D eigenvalue weighted by Crippen LogP contribution is -2.86. The van der Waals surface area contributed by atoms with Crippen molar-refractivity contribution < 1.29 is 18.5 Å². The van der Waals surface area contributed by atoms with E-state index in [2.05, 4.69) is 5.32 Å². The highest BCUT2D eigenvalue weighted by atomic mass is 32.2. The number of sulfonamides is 1. The number of amides is 1. The fourth-order valence-corrected chi connectivity index (χ4v) is 3.55. The lowest BCUT2D eigenvalue weighted by atomic mass is 10.1. The van der Waals surface area contributed by atoms with E-state index in [0.29, 0.717) is 5.69 Å². The van der Waals surface area contributed by atoms with Crippen molar-refractivity contribution in [3.63, 3.8) is 0 Å². The van der Waals surface area contributed by atoms with E-state index in [9.17, 15) is 13.2 Å². The van der Waals surface area contributed by atoms with Crippen LogP contribution in [0.15, 0.2) is 53.4 Å². The van der Waals surface area contributed by atoms with Crippen molar-refractivity contribution in [3.8, 4) is 0 Å². The van der Waals surface area contributed by atoms with Crippen molar-refractivity contribution in [3.05, 3.63) is 54.1 Å². The number of nitrogens with two attached hydrogens (primary N) is 2. The molecule has 2 aromatic carbocycles. The summed E-state index contributed by atoms with van der Waals surface area (Å²) >= 11 is 0. The van der Waals surface area contributed by atoms with Gasteiger partial charge < -0.3 is 15.5 Å². The molecule has 0 aliphatic carbocycles. The predicted octanol–water partition coefficient (Wildman–Crippen LogP) is 1.44. The Morgan fingerprint density at radius 1 is 1.14 bits per heavy atom. The second-order valence-electron chi connectivity index (χ2n) is 6.58. The molecule has 1 atom stereocenters. The molecular weight excluding hydrogens is 376 g/mol. The molecule has 0 spiro atoms. The van der Waals surface area contributed by atoms with E-state index in [1.807, 2.05) is 61.3 Å². The van der Waals surface area contributed by atoms with Gasteiger partial charge in [0.15, 0.2) is 6.54 Å². The molecule has 0 aliphatic rings. The molecule has 8 heteroatoms. The molecule has 152 valence electrons. The summed E-state index contributed by atoms with van der Waals surface area (Å²) in [6.45, 7) is 7.70.